The Hall–Kier alpha value is -3.00. The fourth-order valence-corrected chi connectivity index (χ4v) is 3.42. The third-order valence-corrected chi connectivity index (χ3v) is 4.88. The topological polar surface area (TPSA) is 82.5 Å². The minimum atomic E-state index is -0.953. The Kier molecular flexibility index (Phi) is 6.77. The van der Waals surface area contributed by atoms with Crippen LogP contribution in [0, 0.1) is 0 Å². The van der Waals surface area contributed by atoms with E-state index in [1.54, 1.807) is 36.0 Å². The molecule has 0 unspecified atom stereocenters. The Morgan fingerprint density at radius 2 is 1.90 bits per heavy atom. The van der Waals surface area contributed by atoms with Crippen LogP contribution < -0.4 is 10.1 Å². The molecule has 152 valence electrons. The molecular weight excluding hydrogens is 390 g/mol. The van der Waals surface area contributed by atoms with Gasteiger partial charge in [-0.1, -0.05) is 24.3 Å². The maximum absolute atomic E-state index is 12.5. The maximum atomic E-state index is 12.5. The fourth-order valence-electron chi connectivity index (χ4n) is 2.94. The molecule has 1 N–H and O–H groups in total. The zero-order valence-corrected chi connectivity index (χ0v) is 17.4. The van der Waals surface area contributed by atoms with Crippen molar-refractivity contribution in [2.24, 2.45) is 0 Å². The number of methoxy groups -OCH3 is 1. The zero-order chi connectivity index (χ0) is 20.8. The summed E-state index contributed by atoms with van der Waals surface area (Å²) in [4.78, 5) is 29.5. The van der Waals surface area contributed by atoms with Gasteiger partial charge < -0.3 is 19.4 Å². The quantitative estimate of drug-likeness (QED) is 0.570. The first-order valence-corrected chi connectivity index (χ1v) is 10.5. The smallest absolute Gasteiger partial charge is 0.326 e. The summed E-state index contributed by atoms with van der Waals surface area (Å²) < 4.78 is 12.4. The van der Waals surface area contributed by atoms with Gasteiger partial charge in [0.15, 0.2) is 6.10 Å². The molecule has 0 spiro atoms. The average molecular weight is 413 g/mol. The van der Waals surface area contributed by atoms with E-state index in [1.165, 1.54) is 14.0 Å². The van der Waals surface area contributed by atoms with E-state index in [4.69, 9.17) is 9.47 Å². The Balaban J connectivity index is 1.68. The summed E-state index contributed by atoms with van der Waals surface area (Å²) in [6, 6.07) is 14.7. The Labute approximate surface area is 173 Å². The number of hydrogen-bond acceptors (Lipinski definition) is 6. The number of ether oxygens (including phenoxy) is 2. The second-order valence-corrected chi connectivity index (χ2v) is 7.22. The van der Waals surface area contributed by atoms with Crippen LogP contribution in [-0.2, 0) is 26.6 Å². The standard InChI is InChI=1S/C21H23N3O4S/c1-14(21(26)23-16-9-5-7-11-18(16)27-2)28-20(25)12-24-17-10-6-4-8-15(17)22-19(24)13-29-3/h4-11,14H,12-13H2,1-3H3,(H,23,26)/t14-/m1/s1. The number of anilines is 1. The zero-order valence-electron chi connectivity index (χ0n) is 16.5. The average Bonchev–Trinajstić information content (AvgIpc) is 3.05. The van der Waals surface area contributed by atoms with Gasteiger partial charge in [0.1, 0.15) is 18.1 Å². The normalized spacial score (nSPS) is 11.8. The predicted molar refractivity (Wildman–Crippen MR) is 114 cm³/mol. The van der Waals surface area contributed by atoms with Crippen LogP contribution in [0.5, 0.6) is 5.75 Å². The van der Waals surface area contributed by atoms with Gasteiger partial charge in [0.2, 0.25) is 0 Å². The van der Waals surface area contributed by atoms with E-state index in [0.29, 0.717) is 17.2 Å². The lowest BCUT2D eigenvalue weighted by Gasteiger charge is -2.16. The van der Waals surface area contributed by atoms with Crippen LogP contribution in [0.1, 0.15) is 12.7 Å². The highest BCUT2D eigenvalue weighted by Crippen LogP contribution is 2.23. The molecule has 3 aromatic rings. The number of hydrogen-bond donors (Lipinski definition) is 1. The number of nitrogens with zero attached hydrogens (tertiary/aromatic N) is 2. The number of thioether (sulfide) groups is 1. The highest BCUT2D eigenvalue weighted by atomic mass is 32.2. The van der Waals surface area contributed by atoms with Crippen LogP contribution >= 0.6 is 11.8 Å². The summed E-state index contributed by atoms with van der Waals surface area (Å²) in [5.74, 6) is 1.07. The van der Waals surface area contributed by atoms with Crippen LogP contribution in [0.3, 0.4) is 0 Å². The summed E-state index contributed by atoms with van der Waals surface area (Å²) in [6.45, 7) is 1.53. The number of rotatable bonds is 8. The van der Waals surface area contributed by atoms with Crippen molar-refractivity contribution in [1.29, 1.82) is 0 Å². The minimum Gasteiger partial charge on any atom is -0.495 e. The highest BCUT2D eigenvalue weighted by Gasteiger charge is 2.21. The largest absolute Gasteiger partial charge is 0.495 e. The van der Waals surface area contributed by atoms with E-state index in [-0.39, 0.29) is 6.54 Å². The minimum absolute atomic E-state index is 0.0112. The van der Waals surface area contributed by atoms with Gasteiger partial charge in [-0.2, -0.15) is 11.8 Å². The molecule has 0 aliphatic carbocycles. The van der Waals surface area contributed by atoms with Crippen molar-refractivity contribution in [2.75, 3.05) is 18.7 Å². The number of benzene rings is 2. The Morgan fingerprint density at radius 3 is 2.66 bits per heavy atom. The van der Waals surface area contributed by atoms with Gasteiger partial charge in [0, 0.05) is 0 Å². The summed E-state index contributed by atoms with van der Waals surface area (Å²) >= 11 is 1.62. The SMILES string of the molecule is COc1ccccc1NC(=O)[C@@H](C)OC(=O)Cn1c(CSC)nc2ccccc21. The second-order valence-electron chi connectivity index (χ2n) is 6.36. The molecule has 29 heavy (non-hydrogen) atoms. The maximum Gasteiger partial charge on any atom is 0.326 e. The van der Waals surface area contributed by atoms with E-state index in [1.807, 2.05) is 35.1 Å². The van der Waals surface area contributed by atoms with E-state index in [2.05, 4.69) is 10.3 Å². The predicted octanol–water partition coefficient (Wildman–Crippen LogP) is 3.48. The second kappa shape index (κ2) is 9.47. The van der Waals surface area contributed by atoms with E-state index >= 15 is 0 Å². The van der Waals surface area contributed by atoms with Gasteiger partial charge in [0.05, 0.1) is 29.6 Å². The molecule has 0 saturated carbocycles. The number of fused-ring (bicyclic) bond motifs is 1. The molecule has 0 saturated heterocycles. The van der Waals surface area contributed by atoms with E-state index in [0.717, 1.165) is 16.9 Å². The van der Waals surface area contributed by atoms with Gasteiger partial charge in [0.25, 0.3) is 5.91 Å². The first-order valence-electron chi connectivity index (χ1n) is 9.10. The number of aromatic nitrogens is 2. The summed E-state index contributed by atoms with van der Waals surface area (Å²) in [6.07, 6.45) is 1.03. The van der Waals surface area contributed by atoms with Crippen molar-refractivity contribution in [3.8, 4) is 5.75 Å². The lowest BCUT2D eigenvalue weighted by Crippen LogP contribution is -2.31. The summed E-state index contributed by atoms with van der Waals surface area (Å²) in [5, 5.41) is 2.72. The Morgan fingerprint density at radius 1 is 1.17 bits per heavy atom. The molecule has 1 heterocycles. The number of imidazole rings is 1. The number of esters is 1. The number of nitrogens with one attached hydrogen (secondary N) is 1. The summed E-state index contributed by atoms with van der Waals surface area (Å²) in [5.41, 5.74) is 2.21. The lowest BCUT2D eigenvalue weighted by atomic mass is 10.2. The molecule has 2 aromatic carbocycles. The highest BCUT2D eigenvalue weighted by molar-refractivity contribution is 7.97. The first kappa shape index (κ1) is 20.7. The first-order chi connectivity index (χ1) is 14.0. The van der Waals surface area contributed by atoms with Gasteiger partial charge in [-0.05, 0) is 37.4 Å². The molecule has 0 bridgehead atoms. The summed E-state index contributed by atoms with van der Waals surface area (Å²) in [7, 11) is 1.52. The number of carbonyl (C=O) groups is 2. The molecule has 1 aromatic heterocycles. The third-order valence-electron chi connectivity index (χ3n) is 4.34. The molecule has 0 aliphatic heterocycles. The van der Waals surface area contributed by atoms with Gasteiger partial charge in [-0.3, -0.25) is 9.59 Å². The van der Waals surface area contributed by atoms with Crippen LogP contribution in [0.2, 0.25) is 0 Å². The van der Waals surface area contributed by atoms with Crippen molar-refractivity contribution in [3.63, 3.8) is 0 Å². The van der Waals surface area contributed by atoms with Crippen molar-refractivity contribution >= 4 is 40.4 Å². The molecule has 1 atom stereocenters. The third kappa shape index (κ3) is 4.89. The molecule has 7 nitrogen and oxygen atoms in total. The molecule has 0 aliphatic rings. The monoisotopic (exact) mass is 413 g/mol. The van der Waals surface area contributed by atoms with Crippen molar-refractivity contribution in [2.45, 2.75) is 25.3 Å². The van der Waals surface area contributed by atoms with Gasteiger partial charge >= 0.3 is 5.97 Å². The fraction of sp³-hybridized carbons (Fsp3) is 0.286. The molecular formula is C21H23N3O4S. The molecule has 0 fully saturated rings. The molecule has 8 heteroatoms. The van der Waals surface area contributed by atoms with Crippen molar-refractivity contribution in [3.05, 3.63) is 54.4 Å². The van der Waals surface area contributed by atoms with Crippen LogP contribution in [-0.4, -0.2) is 40.9 Å². The number of carbonyl (C=O) groups excluding carboxylic acids is 2. The lowest BCUT2D eigenvalue weighted by molar-refractivity contribution is -0.153. The van der Waals surface area contributed by atoms with Gasteiger partial charge in [-0.25, -0.2) is 4.98 Å². The number of para-hydroxylation sites is 4. The van der Waals surface area contributed by atoms with Crippen LogP contribution in [0.25, 0.3) is 11.0 Å². The molecule has 3 rings (SSSR count). The van der Waals surface area contributed by atoms with Crippen LogP contribution in [0.15, 0.2) is 48.5 Å². The van der Waals surface area contributed by atoms with Gasteiger partial charge in [-0.15, -0.1) is 0 Å². The van der Waals surface area contributed by atoms with E-state index < -0.39 is 18.0 Å². The molecule has 0 radical (unpaired) electrons. The van der Waals surface area contributed by atoms with Crippen molar-refractivity contribution < 1.29 is 19.1 Å². The molecule has 1 amide bonds. The number of amides is 1. The Bertz CT molecular complexity index is 1020. The van der Waals surface area contributed by atoms with Crippen LogP contribution in [0.4, 0.5) is 5.69 Å². The van der Waals surface area contributed by atoms with Crippen molar-refractivity contribution in [1.82, 2.24) is 9.55 Å². The van der Waals surface area contributed by atoms with E-state index in [9.17, 15) is 9.59 Å².